The fourth-order valence-electron chi connectivity index (χ4n) is 3.06. The summed E-state index contributed by atoms with van der Waals surface area (Å²) in [6, 6.07) is 10.4. The maximum Gasteiger partial charge on any atom is 0.216 e. The van der Waals surface area contributed by atoms with Crippen molar-refractivity contribution in [2.45, 2.75) is 33.2 Å². The lowest BCUT2D eigenvalue weighted by Crippen LogP contribution is -2.05. The van der Waals surface area contributed by atoms with Crippen LogP contribution in [0.3, 0.4) is 0 Å². The number of pyridine rings is 1. The van der Waals surface area contributed by atoms with E-state index in [1.54, 1.807) is 11.8 Å². The van der Waals surface area contributed by atoms with Gasteiger partial charge in [-0.05, 0) is 25.0 Å². The van der Waals surface area contributed by atoms with Crippen LogP contribution in [0.25, 0.3) is 10.9 Å². The summed E-state index contributed by atoms with van der Waals surface area (Å²) in [7, 11) is 3.61. The smallest absolute Gasteiger partial charge is 0.216 e. The van der Waals surface area contributed by atoms with Gasteiger partial charge in [-0.25, -0.2) is 4.68 Å². The Labute approximate surface area is 142 Å². The van der Waals surface area contributed by atoms with Crippen molar-refractivity contribution in [1.82, 2.24) is 14.8 Å². The molecule has 3 rings (SSSR count). The molecule has 126 valence electrons. The molecule has 0 aliphatic carbocycles. The van der Waals surface area contributed by atoms with Crippen LogP contribution in [-0.4, -0.2) is 21.9 Å². The first-order chi connectivity index (χ1) is 11.7. The van der Waals surface area contributed by atoms with Crippen molar-refractivity contribution < 1.29 is 4.74 Å². The molecule has 3 aromatic rings. The normalized spacial score (nSPS) is 11.0. The summed E-state index contributed by atoms with van der Waals surface area (Å²) < 4.78 is 7.33. The lowest BCUT2D eigenvalue weighted by molar-refractivity contribution is 0.370. The second-order valence-electron chi connectivity index (χ2n) is 5.80. The van der Waals surface area contributed by atoms with Crippen molar-refractivity contribution >= 4 is 16.6 Å². The van der Waals surface area contributed by atoms with Gasteiger partial charge in [-0.15, -0.1) is 0 Å². The van der Waals surface area contributed by atoms with Gasteiger partial charge in [0.05, 0.1) is 23.9 Å². The van der Waals surface area contributed by atoms with Gasteiger partial charge in [0.25, 0.3) is 0 Å². The van der Waals surface area contributed by atoms with Crippen LogP contribution < -0.4 is 10.1 Å². The average Bonchev–Trinajstić information content (AvgIpc) is 2.93. The van der Waals surface area contributed by atoms with Gasteiger partial charge < -0.3 is 10.1 Å². The van der Waals surface area contributed by atoms with Gasteiger partial charge in [-0.2, -0.15) is 5.10 Å². The van der Waals surface area contributed by atoms with Crippen molar-refractivity contribution in [2.75, 3.05) is 12.4 Å². The first-order valence-electron chi connectivity index (χ1n) is 8.39. The Bertz CT molecular complexity index is 854. The molecule has 0 aliphatic heterocycles. The average molecular weight is 324 g/mol. The van der Waals surface area contributed by atoms with Crippen molar-refractivity contribution in [3.8, 4) is 5.88 Å². The molecule has 2 heterocycles. The minimum Gasteiger partial charge on any atom is -0.481 e. The van der Waals surface area contributed by atoms with E-state index in [1.807, 2.05) is 19.2 Å². The van der Waals surface area contributed by atoms with Crippen LogP contribution in [-0.2, 0) is 26.4 Å². The van der Waals surface area contributed by atoms with Gasteiger partial charge in [0, 0.05) is 30.4 Å². The molecule has 0 spiro atoms. The monoisotopic (exact) mass is 324 g/mol. The highest BCUT2D eigenvalue weighted by Crippen LogP contribution is 2.27. The number of methoxy groups -OCH3 is 1. The fourth-order valence-corrected chi connectivity index (χ4v) is 3.06. The number of fused-ring (bicyclic) bond motifs is 1. The Kier molecular flexibility index (Phi) is 4.69. The highest BCUT2D eigenvalue weighted by molar-refractivity contribution is 5.91. The number of hydrogen-bond acceptors (Lipinski definition) is 4. The lowest BCUT2D eigenvalue weighted by atomic mass is 10.1. The maximum atomic E-state index is 5.53. The van der Waals surface area contributed by atoms with Crippen LogP contribution in [0.2, 0.25) is 0 Å². The fraction of sp³-hybridized carbons (Fsp3) is 0.368. The van der Waals surface area contributed by atoms with Crippen molar-refractivity contribution in [3.05, 3.63) is 47.3 Å². The maximum absolute atomic E-state index is 5.53. The van der Waals surface area contributed by atoms with E-state index in [4.69, 9.17) is 9.72 Å². The second-order valence-corrected chi connectivity index (χ2v) is 5.80. The highest BCUT2D eigenvalue weighted by atomic mass is 16.5. The Balaban J connectivity index is 1.97. The van der Waals surface area contributed by atoms with E-state index in [1.165, 1.54) is 0 Å². The van der Waals surface area contributed by atoms with Crippen LogP contribution in [0.15, 0.2) is 30.3 Å². The summed E-state index contributed by atoms with van der Waals surface area (Å²) in [4.78, 5) is 4.70. The number of aryl methyl sites for hydroxylation is 3. The SMILES string of the molecule is CCc1cc(NCc2c(CC)nn(C)c2OC)c2ccccc2n1. The van der Waals surface area contributed by atoms with Gasteiger partial charge in [-0.3, -0.25) is 4.98 Å². The van der Waals surface area contributed by atoms with Crippen LogP contribution >= 0.6 is 0 Å². The predicted octanol–water partition coefficient (Wildman–Crippen LogP) is 3.71. The number of rotatable bonds is 6. The summed E-state index contributed by atoms with van der Waals surface area (Å²) >= 11 is 0. The van der Waals surface area contributed by atoms with E-state index in [0.717, 1.165) is 52.3 Å². The number of nitrogens with zero attached hydrogens (tertiary/aromatic N) is 3. The van der Waals surface area contributed by atoms with E-state index >= 15 is 0 Å². The number of anilines is 1. The van der Waals surface area contributed by atoms with E-state index < -0.39 is 0 Å². The van der Waals surface area contributed by atoms with Crippen molar-refractivity contribution in [1.29, 1.82) is 0 Å². The quantitative estimate of drug-likeness (QED) is 0.751. The molecule has 0 amide bonds. The number of para-hydroxylation sites is 1. The third-order valence-electron chi connectivity index (χ3n) is 4.29. The van der Waals surface area contributed by atoms with Gasteiger partial charge in [0.1, 0.15) is 0 Å². The van der Waals surface area contributed by atoms with E-state index in [-0.39, 0.29) is 0 Å². The summed E-state index contributed by atoms with van der Waals surface area (Å²) in [6.45, 7) is 4.92. The molecular formula is C19H24N4O. The third kappa shape index (κ3) is 2.94. The number of benzene rings is 1. The molecule has 0 saturated heterocycles. The Morgan fingerprint density at radius 2 is 1.96 bits per heavy atom. The lowest BCUT2D eigenvalue weighted by Gasteiger charge is -2.12. The van der Waals surface area contributed by atoms with Crippen LogP contribution in [0, 0.1) is 0 Å². The number of aromatic nitrogens is 3. The summed E-state index contributed by atoms with van der Waals surface area (Å²) in [5, 5.41) is 9.25. The van der Waals surface area contributed by atoms with Crippen LogP contribution in [0.4, 0.5) is 5.69 Å². The highest BCUT2D eigenvalue weighted by Gasteiger charge is 2.16. The minimum absolute atomic E-state index is 0.678. The zero-order chi connectivity index (χ0) is 17.1. The molecule has 24 heavy (non-hydrogen) atoms. The molecule has 5 heteroatoms. The van der Waals surface area contributed by atoms with E-state index in [2.05, 4.69) is 42.5 Å². The van der Waals surface area contributed by atoms with Gasteiger partial charge in [0.15, 0.2) is 0 Å². The zero-order valence-electron chi connectivity index (χ0n) is 14.8. The first-order valence-corrected chi connectivity index (χ1v) is 8.39. The summed E-state index contributed by atoms with van der Waals surface area (Å²) in [5.41, 5.74) is 5.39. The number of hydrogen-bond donors (Lipinski definition) is 1. The molecule has 0 unspecified atom stereocenters. The molecule has 0 aliphatic rings. The molecule has 0 saturated carbocycles. The van der Waals surface area contributed by atoms with Crippen LogP contribution in [0.5, 0.6) is 5.88 Å². The standard InChI is InChI=1S/C19H24N4O/c1-5-13-11-18(14-9-7-8-10-17(14)21-13)20-12-15-16(6-2)22-23(3)19(15)24-4/h7-11H,5-6,12H2,1-4H3,(H,20,21). The molecule has 1 N–H and O–H groups in total. The van der Waals surface area contributed by atoms with Gasteiger partial charge in [0.2, 0.25) is 5.88 Å². The second kappa shape index (κ2) is 6.91. The van der Waals surface area contributed by atoms with Gasteiger partial charge in [-0.1, -0.05) is 32.0 Å². The molecule has 5 nitrogen and oxygen atoms in total. The first kappa shape index (κ1) is 16.3. The topological polar surface area (TPSA) is 52.0 Å². The molecule has 0 fully saturated rings. The number of nitrogens with one attached hydrogen (secondary N) is 1. The summed E-state index contributed by atoms with van der Waals surface area (Å²) in [6.07, 6.45) is 1.79. The molecule has 0 atom stereocenters. The van der Waals surface area contributed by atoms with Crippen molar-refractivity contribution in [3.63, 3.8) is 0 Å². The largest absolute Gasteiger partial charge is 0.481 e. The zero-order valence-corrected chi connectivity index (χ0v) is 14.8. The van der Waals surface area contributed by atoms with Gasteiger partial charge >= 0.3 is 0 Å². The predicted molar refractivity (Wildman–Crippen MR) is 97.6 cm³/mol. The Morgan fingerprint density at radius 3 is 2.67 bits per heavy atom. The van der Waals surface area contributed by atoms with Crippen LogP contribution in [0.1, 0.15) is 30.8 Å². The molecule has 2 aromatic heterocycles. The van der Waals surface area contributed by atoms with E-state index in [0.29, 0.717) is 6.54 Å². The minimum atomic E-state index is 0.678. The molecule has 0 radical (unpaired) electrons. The van der Waals surface area contributed by atoms with E-state index in [9.17, 15) is 0 Å². The summed E-state index contributed by atoms with van der Waals surface area (Å²) in [5.74, 6) is 0.813. The molecule has 0 bridgehead atoms. The molecular weight excluding hydrogens is 300 g/mol. The third-order valence-corrected chi connectivity index (χ3v) is 4.29. The Hall–Kier alpha value is -2.56. The Morgan fingerprint density at radius 1 is 1.17 bits per heavy atom. The van der Waals surface area contributed by atoms with Crippen molar-refractivity contribution in [2.24, 2.45) is 7.05 Å². The molecule has 1 aromatic carbocycles. The number of ether oxygens (including phenoxy) is 1.